The van der Waals surface area contributed by atoms with E-state index in [1.54, 1.807) is 0 Å². The van der Waals surface area contributed by atoms with E-state index < -0.39 is 12.6 Å². The monoisotopic (exact) mass is 202 g/mol. The van der Waals surface area contributed by atoms with E-state index in [4.69, 9.17) is 0 Å². The Hall–Kier alpha value is 0.01000. The first-order chi connectivity index (χ1) is 4.06. The van der Waals surface area contributed by atoms with Gasteiger partial charge in [0.1, 0.15) is 0 Å². The van der Waals surface area contributed by atoms with Crippen molar-refractivity contribution in [3.05, 3.63) is 12.2 Å². The van der Waals surface area contributed by atoms with E-state index in [0.717, 1.165) is 6.08 Å². The second-order valence-corrected chi connectivity index (χ2v) is 2.09. The van der Waals surface area contributed by atoms with Gasteiger partial charge in [0.2, 0.25) is 0 Å². The zero-order valence-corrected chi connectivity index (χ0v) is 6.17. The lowest BCUT2D eigenvalue weighted by Gasteiger charge is -1.98. The van der Waals surface area contributed by atoms with Crippen LogP contribution in [0, 0.1) is 0 Å². The average molecular weight is 203 g/mol. The second kappa shape index (κ2) is 3.93. The van der Waals surface area contributed by atoms with Gasteiger partial charge in [-0.3, -0.25) is 0 Å². The third kappa shape index (κ3) is 8.01. The van der Waals surface area contributed by atoms with Gasteiger partial charge in [0.05, 0.1) is 6.42 Å². The van der Waals surface area contributed by atoms with Gasteiger partial charge in [0.25, 0.3) is 0 Å². The molecule has 0 aromatic carbocycles. The van der Waals surface area contributed by atoms with E-state index in [-0.39, 0.29) is 0 Å². The summed E-state index contributed by atoms with van der Waals surface area (Å²) in [6.07, 6.45) is -2.38. The van der Waals surface area contributed by atoms with Crippen LogP contribution in [-0.4, -0.2) is 11.5 Å². The molecule has 0 nitrogen and oxygen atoms in total. The van der Waals surface area contributed by atoms with Gasteiger partial charge in [-0.1, -0.05) is 28.1 Å². The van der Waals surface area contributed by atoms with Gasteiger partial charge < -0.3 is 0 Å². The third-order valence-corrected chi connectivity index (χ3v) is 0.979. The minimum absolute atomic E-state index is 0.475. The smallest absolute Gasteiger partial charge is 0.171 e. The van der Waals surface area contributed by atoms with E-state index in [1.807, 2.05) is 0 Å². The number of hydrogen-bond donors (Lipinski definition) is 0. The zero-order chi connectivity index (χ0) is 7.33. The minimum Gasteiger partial charge on any atom is -0.171 e. The molecule has 0 unspecified atom stereocenters. The van der Waals surface area contributed by atoms with E-state index in [0.29, 0.717) is 5.33 Å². The Kier molecular flexibility index (Phi) is 3.93. The molecule has 0 radical (unpaired) electrons. The van der Waals surface area contributed by atoms with E-state index >= 15 is 0 Å². The molecule has 0 spiro atoms. The van der Waals surface area contributed by atoms with E-state index in [2.05, 4.69) is 15.9 Å². The zero-order valence-electron chi connectivity index (χ0n) is 4.58. The van der Waals surface area contributed by atoms with E-state index in [9.17, 15) is 13.2 Å². The van der Waals surface area contributed by atoms with Crippen molar-refractivity contribution in [2.24, 2.45) is 0 Å². The Balaban J connectivity index is 3.38. The van der Waals surface area contributed by atoms with Crippen molar-refractivity contribution in [3.8, 4) is 0 Å². The Morgan fingerprint density at radius 2 is 1.78 bits per heavy atom. The number of alkyl halides is 4. The molecule has 0 N–H and O–H groups in total. The summed E-state index contributed by atoms with van der Waals surface area (Å²) in [5, 5.41) is 0.475. The van der Waals surface area contributed by atoms with Gasteiger partial charge >= 0.3 is 6.18 Å². The Bertz CT molecular complexity index is 94.9. The molecule has 0 aliphatic rings. The fraction of sp³-hybridized carbons (Fsp3) is 0.600. The van der Waals surface area contributed by atoms with Crippen molar-refractivity contribution >= 4 is 15.9 Å². The van der Waals surface area contributed by atoms with Crippen molar-refractivity contribution < 1.29 is 13.2 Å². The van der Waals surface area contributed by atoms with Crippen LogP contribution in [-0.2, 0) is 0 Å². The average Bonchev–Trinajstić information content (AvgIpc) is 1.63. The van der Waals surface area contributed by atoms with Gasteiger partial charge in [-0.05, 0) is 0 Å². The third-order valence-electron chi connectivity index (χ3n) is 0.605. The summed E-state index contributed by atoms with van der Waals surface area (Å²) in [7, 11) is 0. The molecule has 4 heteroatoms. The van der Waals surface area contributed by atoms with Gasteiger partial charge in [-0.15, -0.1) is 0 Å². The molecule has 0 fully saturated rings. The summed E-state index contributed by atoms with van der Waals surface area (Å²) in [4.78, 5) is 0. The first kappa shape index (κ1) is 9.01. The van der Waals surface area contributed by atoms with Crippen LogP contribution in [0.4, 0.5) is 13.2 Å². The van der Waals surface area contributed by atoms with Crippen LogP contribution < -0.4 is 0 Å². The number of rotatable bonds is 2. The number of allylic oxidation sites excluding steroid dienone is 2. The molecule has 0 atom stereocenters. The highest BCUT2D eigenvalue weighted by Gasteiger charge is 2.24. The standard InChI is InChI=1S/C5H6BrF3/c6-4-2-1-3-5(7,8)9/h1-2H,3-4H2. The summed E-state index contributed by atoms with van der Waals surface area (Å²) >= 11 is 2.96. The maximum atomic E-state index is 11.3. The van der Waals surface area contributed by atoms with Gasteiger partial charge in [0, 0.05) is 5.33 Å². The molecule has 9 heavy (non-hydrogen) atoms. The molecule has 0 amide bonds. The highest BCUT2D eigenvalue weighted by atomic mass is 79.9. The summed E-state index contributed by atoms with van der Waals surface area (Å²) in [6, 6.07) is 0. The summed E-state index contributed by atoms with van der Waals surface area (Å²) in [5.41, 5.74) is 0. The van der Waals surface area contributed by atoms with Crippen LogP contribution in [0.3, 0.4) is 0 Å². The molecule has 0 saturated heterocycles. The van der Waals surface area contributed by atoms with Crippen molar-refractivity contribution in [1.82, 2.24) is 0 Å². The van der Waals surface area contributed by atoms with Crippen LogP contribution >= 0.6 is 15.9 Å². The van der Waals surface area contributed by atoms with Crippen LogP contribution in [0.2, 0.25) is 0 Å². The molecular formula is C5H6BrF3. The molecule has 0 heterocycles. The molecule has 0 bridgehead atoms. The summed E-state index contributed by atoms with van der Waals surface area (Å²) < 4.78 is 33.9. The van der Waals surface area contributed by atoms with Crippen LogP contribution in [0.1, 0.15) is 6.42 Å². The maximum absolute atomic E-state index is 11.3. The Labute approximate surface area is 59.9 Å². The number of hydrogen-bond acceptors (Lipinski definition) is 0. The predicted octanol–water partition coefficient (Wildman–Crippen LogP) is 2.89. The first-order valence-electron chi connectivity index (χ1n) is 2.34. The van der Waals surface area contributed by atoms with Crippen molar-refractivity contribution in [1.29, 1.82) is 0 Å². The van der Waals surface area contributed by atoms with Crippen LogP contribution in [0.5, 0.6) is 0 Å². The summed E-state index contributed by atoms with van der Waals surface area (Å²) in [6.45, 7) is 0. The largest absolute Gasteiger partial charge is 0.392 e. The highest BCUT2D eigenvalue weighted by Crippen LogP contribution is 2.19. The second-order valence-electron chi connectivity index (χ2n) is 1.45. The molecular weight excluding hydrogens is 197 g/mol. The molecule has 0 saturated carbocycles. The quantitative estimate of drug-likeness (QED) is 0.478. The SMILES string of the molecule is FC(F)(F)CC=CCBr. The molecule has 0 aliphatic carbocycles. The lowest BCUT2D eigenvalue weighted by atomic mass is 10.4. The summed E-state index contributed by atoms with van der Waals surface area (Å²) in [5.74, 6) is 0. The lowest BCUT2D eigenvalue weighted by Crippen LogP contribution is -2.03. The lowest BCUT2D eigenvalue weighted by molar-refractivity contribution is -0.125. The fourth-order valence-electron chi connectivity index (χ4n) is 0.280. The van der Waals surface area contributed by atoms with Gasteiger partial charge in [-0.25, -0.2) is 0 Å². The molecule has 0 aromatic rings. The topological polar surface area (TPSA) is 0 Å². The van der Waals surface area contributed by atoms with Crippen LogP contribution in [0.25, 0.3) is 0 Å². The predicted molar refractivity (Wildman–Crippen MR) is 33.6 cm³/mol. The van der Waals surface area contributed by atoms with Crippen molar-refractivity contribution in [2.45, 2.75) is 12.6 Å². The van der Waals surface area contributed by atoms with E-state index in [1.165, 1.54) is 6.08 Å². The van der Waals surface area contributed by atoms with Gasteiger partial charge in [-0.2, -0.15) is 13.2 Å². The molecule has 0 rings (SSSR count). The first-order valence-corrected chi connectivity index (χ1v) is 3.46. The maximum Gasteiger partial charge on any atom is 0.392 e. The highest BCUT2D eigenvalue weighted by molar-refractivity contribution is 9.09. The number of halogens is 4. The van der Waals surface area contributed by atoms with Crippen molar-refractivity contribution in [2.75, 3.05) is 5.33 Å². The molecule has 0 aromatic heterocycles. The normalized spacial score (nSPS) is 12.9. The Morgan fingerprint density at radius 1 is 1.22 bits per heavy atom. The van der Waals surface area contributed by atoms with Crippen molar-refractivity contribution in [3.63, 3.8) is 0 Å². The van der Waals surface area contributed by atoms with Gasteiger partial charge in [0.15, 0.2) is 0 Å². The van der Waals surface area contributed by atoms with Crippen LogP contribution in [0.15, 0.2) is 12.2 Å². The fourth-order valence-corrected chi connectivity index (χ4v) is 0.544. The molecule has 0 aliphatic heterocycles. The molecule has 54 valence electrons. The Morgan fingerprint density at radius 3 is 2.11 bits per heavy atom. The minimum atomic E-state index is -4.06.